The lowest BCUT2D eigenvalue weighted by Gasteiger charge is -2.13. The number of aryl methyl sites for hydroxylation is 2. The predicted octanol–water partition coefficient (Wildman–Crippen LogP) is 3.50. The lowest BCUT2D eigenvalue weighted by Crippen LogP contribution is -2.10. The molecular weight excluding hydrogens is 253 g/mol. The zero-order valence-corrected chi connectivity index (χ0v) is 12.4. The van der Waals surface area contributed by atoms with Crippen LogP contribution in [0.25, 0.3) is 11.0 Å². The van der Waals surface area contributed by atoms with E-state index in [1.807, 2.05) is 0 Å². The van der Waals surface area contributed by atoms with Crippen molar-refractivity contribution in [3.63, 3.8) is 0 Å². The van der Waals surface area contributed by atoms with E-state index < -0.39 is 0 Å². The van der Waals surface area contributed by atoms with Gasteiger partial charge in [-0.25, -0.2) is 9.37 Å². The second kappa shape index (κ2) is 6.84. The summed E-state index contributed by atoms with van der Waals surface area (Å²) in [7, 11) is 0. The topological polar surface area (TPSA) is 43.8 Å². The number of hydrogen-bond donors (Lipinski definition) is 1. The van der Waals surface area contributed by atoms with Crippen LogP contribution in [-0.4, -0.2) is 16.1 Å². The standard InChI is InChI=1S/C16H24FN3/c1-3-12(9-10-18)5-8-16-19-14-7-6-13(17)11-15(14)20(16)4-2/h6-7,11-12H,3-5,8-10,18H2,1-2H3. The Labute approximate surface area is 120 Å². The summed E-state index contributed by atoms with van der Waals surface area (Å²) < 4.78 is 15.5. The van der Waals surface area contributed by atoms with Gasteiger partial charge in [0, 0.05) is 13.0 Å². The lowest BCUT2D eigenvalue weighted by molar-refractivity contribution is 0.435. The number of benzene rings is 1. The number of fused-ring (bicyclic) bond motifs is 1. The van der Waals surface area contributed by atoms with Crippen LogP contribution in [0.15, 0.2) is 18.2 Å². The molecule has 0 saturated heterocycles. The Hall–Kier alpha value is -1.42. The van der Waals surface area contributed by atoms with Crippen molar-refractivity contribution in [2.24, 2.45) is 11.7 Å². The zero-order chi connectivity index (χ0) is 14.5. The molecule has 1 aromatic heterocycles. The molecule has 1 heterocycles. The fourth-order valence-corrected chi connectivity index (χ4v) is 2.81. The Kier molecular flexibility index (Phi) is 5.12. The van der Waals surface area contributed by atoms with Crippen molar-refractivity contribution in [3.8, 4) is 0 Å². The van der Waals surface area contributed by atoms with E-state index in [-0.39, 0.29) is 5.82 Å². The number of aromatic nitrogens is 2. The average Bonchev–Trinajstić information content (AvgIpc) is 2.80. The molecule has 1 unspecified atom stereocenters. The minimum atomic E-state index is -0.201. The summed E-state index contributed by atoms with van der Waals surface area (Å²) in [6.07, 6.45) is 4.25. The number of imidazole rings is 1. The van der Waals surface area contributed by atoms with Gasteiger partial charge in [-0.05, 0) is 50.4 Å². The molecule has 0 aliphatic rings. The van der Waals surface area contributed by atoms with Crippen molar-refractivity contribution in [1.82, 2.24) is 9.55 Å². The highest BCUT2D eigenvalue weighted by Gasteiger charge is 2.12. The molecule has 0 bridgehead atoms. The molecule has 0 aliphatic heterocycles. The summed E-state index contributed by atoms with van der Waals surface area (Å²) in [6.45, 7) is 5.85. The van der Waals surface area contributed by atoms with Gasteiger partial charge in [0.05, 0.1) is 11.0 Å². The van der Waals surface area contributed by atoms with E-state index in [0.717, 1.165) is 55.6 Å². The van der Waals surface area contributed by atoms with Crippen LogP contribution in [0.3, 0.4) is 0 Å². The van der Waals surface area contributed by atoms with Crippen LogP contribution in [0.4, 0.5) is 4.39 Å². The molecule has 0 amide bonds. The van der Waals surface area contributed by atoms with Crippen LogP contribution in [0.5, 0.6) is 0 Å². The van der Waals surface area contributed by atoms with E-state index in [4.69, 9.17) is 5.73 Å². The molecule has 4 heteroatoms. The third-order valence-corrected chi connectivity index (χ3v) is 4.03. The number of nitrogens with two attached hydrogens (primary N) is 1. The quantitative estimate of drug-likeness (QED) is 0.841. The predicted molar refractivity (Wildman–Crippen MR) is 81.1 cm³/mol. The van der Waals surface area contributed by atoms with Crippen molar-refractivity contribution in [2.75, 3.05) is 6.54 Å². The Bertz CT molecular complexity index is 562. The van der Waals surface area contributed by atoms with Crippen LogP contribution >= 0.6 is 0 Å². The second-order valence-corrected chi connectivity index (χ2v) is 5.30. The lowest BCUT2D eigenvalue weighted by atomic mass is 9.96. The molecule has 1 atom stereocenters. The molecule has 0 radical (unpaired) electrons. The summed E-state index contributed by atoms with van der Waals surface area (Å²) in [5, 5.41) is 0. The van der Waals surface area contributed by atoms with Crippen LogP contribution < -0.4 is 5.73 Å². The summed E-state index contributed by atoms with van der Waals surface area (Å²) >= 11 is 0. The second-order valence-electron chi connectivity index (χ2n) is 5.30. The fraction of sp³-hybridized carbons (Fsp3) is 0.562. The SMILES string of the molecule is CCC(CCN)CCc1nc2ccc(F)cc2n1CC. The van der Waals surface area contributed by atoms with Gasteiger partial charge >= 0.3 is 0 Å². The van der Waals surface area contributed by atoms with E-state index in [9.17, 15) is 4.39 Å². The van der Waals surface area contributed by atoms with Crippen LogP contribution in [0.2, 0.25) is 0 Å². The Morgan fingerprint density at radius 2 is 2.10 bits per heavy atom. The van der Waals surface area contributed by atoms with Gasteiger partial charge in [0.2, 0.25) is 0 Å². The molecule has 2 N–H and O–H groups in total. The molecule has 0 saturated carbocycles. The first kappa shape index (κ1) is 15.0. The highest BCUT2D eigenvalue weighted by atomic mass is 19.1. The van der Waals surface area contributed by atoms with E-state index in [1.54, 1.807) is 12.1 Å². The third kappa shape index (κ3) is 3.18. The Morgan fingerprint density at radius 1 is 1.30 bits per heavy atom. The summed E-state index contributed by atoms with van der Waals surface area (Å²) in [5.74, 6) is 1.51. The summed E-state index contributed by atoms with van der Waals surface area (Å²) in [6, 6.07) is 4.81. The maximum Gasteiger partial charge on any atom is 0.125 e. The Balaban J connectivity index is 2.21. The smallest absolute Gasteiger partial charge is 0.125 e. The minimum Gasteiger partial charge on any atom is -0.330 e. The van der Waals surface area contributed by atoms with Crippen LogP contribution in [0.1, 0.15) is 38.9 Å². The molecule has 0 spiro atoms. The fourth-order valence-electron chi connectivity index (χ4n) is 2.81. The molecule has 0 fully saturated rings. The maximum atomic E-state index is 13.4. The van der Waals surface area contributed by atoms with E-state index in [2.05, 4.69) is 23.4 Å². The monoisotopic (exact) mass is 277 g/mol. The summed E-state index contributed by atoms with van der Waals surface area (Å²) in [5.41, 5.74) is 7.43. The first-order chi connectivity index (χ1) is 9.69. The van der Waals surface area contributed by atoms with Gasteiger partial charge in [-0.15, -0.1) is 0 Å². The highest BCUT2D eigenvalue weighted by molar-refractivity contribution is 5.76. The first-order valence-electron chi connectivity index (χ1n) is 7.54. The third-order valence-electron chi connectivity index (χ3n) is 4.03. The average molecular weight is 277 g/mol. The molecule has 2 rings (SSSR count). The van der Waals surface area contributed by atoms with Gasteiger partial charge in [-0.3, -0.25) is 0 Å². The highest BCUT2D eigenvalue weighted by Crippen LogP contribution is 2.21. The van der Waals surface area contributed by atoms with Gasteiger partial charge in [0.15, 0.2) is 0 Å². The van der Waals surface area contributed by atoms with Crippen molar-refractivity contribution in [3.05, 3.63) is 29.8 Å². The minimum absolute atomic E-state index is 0.201. The molecule has 3 nitrogen and oxygen atoms in total. The number of nitrogens with zero attached hydrogens (tertiary/aromatic N) is 2. The number of halogens is 1. The van der Waals surface area contributed by atoms with Crippen molar-refractivity contribution in [1.29, 1.82) is 0 Å². The van der Waals surface area contributed by atoms with Crippen LogP contribution in [-0.2, 0) is 13.0 Å². The van der Waals surface area contributed by atoms with Crippen molar-refractivity contribution in [2.45, 2.75) is 46.1 Å². The first-order valence-corrected chi connectivity index (χ1v) is 7.54. The number of hydrogen-bond acceptors (Lipinski definition) is 2. The molecule has 20 heavy (non-hydrogen) atoms. The number of rotatable bonds is 7. The van der Waals surface area contributed by atoms with Crippen molar-refractivity contribution < 1.29 is 4.39 Å². The molecule has 2 aromatic rings. The van der Waals surface area contributed by atoms with E-state index in [0.29, 0.717) is 5.92 Å². The maximum absolute atomic E-state index is 13.4. The Morgan fingerprint density at radius 3 is 2.75 bits per heavy atom. The van der Waals surface area contributed by atoms with Gasteiger partial charge in [-0.1, -0.05) is 13.3 Å². The van der Waals surface area contributed by atoms with Gasteiger partial charge in [0.25, 0.3) is 0 Å². The molecule has 1 aromatic carbocycles. The largest absolute Gasteiger partial charge is 0.330 e. The normalized spacial score (nSPS) is 13.0. The van der Waals surface area contributed by atoms with Gasteiger partial charge < -0.3 is 10.3 Å². The molecular formula is C16H24FN3. The summed E-state index contributed by atoms with van der Waals surface area (Å²) in [4.78, 5) is 4.66. The van der Waals surface area contributed by atoms with E-state index in [1.165, 1.54) is 6.07 Å². The van der Waals surface area contributed by atoms with E-state index >= 15 is 0 Å². The zero-order valence-electron chi connectivity index (χ0n) is 12.4. The van der Waals surface area contributed by atoms with Crippen molar-refractivity contribution >= 4 is 11.0 Å². The van der Waals surface area contributed by atoms with Gasteiger partial charge in [-0.2, -0.15) is 0 Å². The molecule has 110 valence electrons. The van der Waals surface area contributed by atoms with Crippen LogP contribution in [0, 0.1) is 11.7 Å². The van der Waals surface area contributed by atoms with Gasteiger partial charge in [0.1, 0.15) is 11.6 Å². The molecule has 0 aliphatic carbocycles.